The molecule has 0 radical (unpaired) electrons. The van der Waals surface area contributed by atoms with Crippen molar-refractivity contribution in [3.05, 3.63) is 35.9 Å². The third kappa shape index (κ3) is 3.88. The zero-order valence-corrected chi connectivity index (χ0v) is 11.4. The van der Waals surface area contributed by atoms with Gasteiger partial charge < -0.3 is 5.32 Å². The van der Waals surface area contributed by atoms with Crippen LogP contribution in [-0.4, -0.2) is 5.91 Å². The number of hydrogen-bond acceptors (Lipinski definition) is 1. The van der Waals surface area contributed by atoms with Crippen LogP contribution in [0.5, 0.6) is 0 Å². The Bertz CT molecular complexity index is 362. The Morgan fingerprint density at radius 1 is 1.12 bits per heavy atom. The van der Waals surface area contributed by atoms with Gasteiger partial charge in [-0.25, -0.2) is 0 Å². The van der Waals surface area contributed by atoms with Crippen LogP contribution in [0, 0.1) is 11.3 Å². The fourth-order valence-corrected chi connectivity index (χ4v) is 1.65. The van der Waals surface area contributed by atoms with Crippen LogP contribution in [0.3, 0.4) is 0 Å². The van der Waals surface area contributed by atoms with E-state index in [-0.39, 0.29) is 17.4 Å². The Morgan fingerprint density at radius 2 is 1.65 bits per heavy atom. The minimum Gasteiger partial charge on any atom is -0.349 e. The molecule has 1 amide bonds. The Hall–Kier alpha value is -1.31. The molecule has 1 aromatic rings. The first kappa shape index (κ1) is 13.8. The molecule has 2 heteroatoms. The molecule has 0 bridgehead atoms. The summed E-state index contributed by atoms with van der Waals surface area (Å²) in [6.45, 7) is 10.1. The van der Waals surface area contributed by atoms with Gasteiger partial charge in [0, 0.05) is 5.41 Å². The van der Waals surface area contributed by atoms with Gasteiger partial charge >= 0.3 is 0 Å². The normalized spacial score (nSPS) is 13.5. The maximum atomic E-state index is 12.0. The van der Waals surface area contributed by atoms with Gasteiger partial charge in [-0.1, -0.05) is 65.0 Å². The summed E-state index contributed by atoms with van der Waals surface area (Å²) < 4.78 is 0. The van der Waals surface area contributed by atoms with Gasteiger partial charge in [0.1, 0.15) is 0 Å². The molecule has 1 unspecified atom stereocenters. The molecule has 1 atom stereocenters. The zero-order chi connectivity index (χ0) is 13.1. The van der Waals surface area contributed by atoms with Gasteiger partial charge in [0.2, 0.25) is 5.91 Å². The first-order chi connectivity index (χ1) is 7.82. The lowest BCUT2D eigenvalue weighted by Crippen LogP contribution is -2.39. The molecule has 0 fully saturated rings. The first-order valence-electron chi connectivity index (χ1n) is 6.18. The maximum Gasteiger partial charge on any atom is 0.225 e. The molecule has 0 aliphatic heterocycles. The topological polar surface area (TPSA) is 29.1 Å². The van der Waals surface area contributed by atoms with Gasteiger partial charge in [0.15, 0.2) is 0 Å². The Balaban J connectivity index is 2.86. The largest absolute Gasteiger partial charge is 0.349 e. The van der Waals surface area contributed by atoms with E-state index in [2.05, 4.69) is 31.3 Å². The van der Waals surface area contributed by atoms with E-state index in [0.29, 0.717) is 5.92 Å². The molecule has 94 valence electrons. The number of benzene rings is 1. The standard InChI is InChI=1S/C15H23NO/c1-11(2)13(12-9-7-6-8-10-12)16-14(17)15(3,4)5/h6-11,13H,1-5H3,(H,16,17). The van der Waals surface area contributed by atoms with Crippen LogP contribution >= 0.6 is 0 Å². The summed E-state index contributed by atoms with van der Waals surface area (Å²) in [5.41, 5.74) is 0.821. The molecule has 0 aliphatic carbocycles. The van der Waals surface area contributed by atoms with Gasteiger partial charge in [-0.05, 0) is 11.5 Å². The summed E-state index contributed by atoms with van der Waals surface area (Å²) in [5, 5.41) is 3.13. The number of carbonyl (C=O) groups is 1. The molecule has 2 nitrogen and oxygen atoms in total. The Labute approximate surface area is 104 Å². The lowest BCUT2D eigenvalue weighted by Gasteiger charge is -2.27. The number of rotatable bonds is 3. The average molecular weight is 233 g/mol. The van der Waals surface area contributed by atoms with E-state index in [1.54, 1.807) is 0 Å². The van der Waals surface area contributed by atoms with E-state index in [1.807, 2.05) is 39.0 Å². The van der Waals surface area contributed by atoms with Gasteiger partial charge in [-0.15, -0.1) is 0 Å². The molecule has 0 aliphatic rings. The van der Waals surface area contributed by atoms with Crippen LogP contribution in [0.25, 0.3) is 0 Å². The molecule has 17 heavy (non-hydrogen) atoms. The summed E-state index contributed by atoms with van der Waals surface area (Å²) in [6.07, 6.45) is 0. The molecular weight excluding hydrogens is 210 g/mol. The predicted molar refractivity (Wildman–Crippen MR) is 71.6 cm³/mol. The van der Waals surface area contributed by atoms with E-state index in [1.165, 1.54) is 5.56 Å². The summed E-state index contributed by atoms with van der Waals surface area (Å²) in [7, 11) is 0. The van der Waals surface area contributed by atoms with E-state index in [9.17, 15) is 4.79 Å². The first-order valence-corrected chi connectivity index (χ1v) is 6.18. The molecule has 1 aromatic carbocycles. The van der Waals surface area contributed by atoms with Crippen LogP contribution in [0.1, 0.15) is 46.2 Å². The van der Waals surface area contributed by atoms with E-state index in [4.69, 9.17) is 0 Å². The van der Waals surface area contributed by atoms with Gasteiger partial charge in [-0.3, -0.25) is 4.79 Å². The minimum absolute atomic E-state index is 0.0860. The van der Waals surface area contributed by atoms with Crippen LogP contribution < -0.4 is 5.32 Å². The molecule has 0 aromatic heterocycles. The van der Waals surface area contributed by atoms with Gasteiger partial charge in [0.25, 0.3) is 0 Å². The second-order valence-electron chi connectivity index (χ2n) is 5.86. The second kappa shape index (κ2) is 5.35. The molecule has 0 spiro atoms. The minimum atomic E-state index is -0.345. The van der Waals surface area contributed by atoms with Crippen LogP contribution in [0.15, 0.2) is 30.3 Å². The molecule has 1 rings (SSSR count). The van der Waals surface area contributed by atoms with Crippen molar-refractivity contribution < 1.29 is 4.79 Å². The van der Waals surface area contributed by atoms with Crippen molar-refractivity contribution in [1.82, 2.24) is 5.32 Å². The van der Waals surface area contributed by atoms with Crippen molar-refractivity contribution in [1.29, 1.82) is 0 Å². The lowest BCUT2D eigenvalue weighted by atomic mass is 9.91. The number of amides is 1. The second-order valence-corrected chi connectivity index (χ2v) is 5.86. The van der Waals surface area contributed by atoms with Crippen molar-refractivity contribution >= 4 is 5.91 Å². The quantitative estimate of drug-likeness (QED) is 0.850. The SMILES string of the molecule is CC(C)C(NC(=O)C(C)(C)C)c1ccccc1. The average Bonchev–Trinajstić information content (AvgIpc) is 2.25. The van der Waals surface area contributed by atoms with Gasteiger partial charge in [-0.2, -0.15) is 0 Å². The van der Waals surface area contributed by atoms with E-state index >= 15 is 0 Å². The lowest BCUT2D eigenvalue weighted by molar-refractivity contribution is -0.129. The van der Waals surface area contributed by atoms with Crippen LogP contribution in [0.2, 0.25) is 0 Å². The molecular formula is C15H23NO. The van der Waals surface area contributed by atoms with Crippen molar-refractivity contribution in [2.24, 2.45) is 11.3 Å². The molecule has 0 saturated heterocycles. The van der Waals surface area contributed by atoms with Crippen molar-refractivity contribution in [3.63, 3.8) is 0 Å². The van der Waals surface area contributed by atoms with Crippen molar-refractivity contribution in [3.8, 4) is 0 Å². The smallest absolute Gasteiger partial charge is 0.225 e. The van der Waals surface area contributed by atoms with Crippen LogP contribution in [0.4, 0.5) is 0 Å². The highest BCUT2D eigenvalue weighted by atomic mass is 16.2. The fourth-order valence-electron chi connectivity index (χ4n) is 1.65. The molecule has 0 saturated carbocycles. The zero-order valence-electron chi connectivity index (χ0n) is 11.4. The number of carbonyl (C=O) groups excluding carboxylic acids is 1. The summed E-state index contributed by atoms with van der Waals surface area (Å²) >= 11 is 0. The summed E-state index contributed by atoms with van der Waals surface area (Å²) in [6, 6.07) is 10.2. The van der Waals surface area contributed by atoms with Crippen molar-refractivity contribution in [2.75, 3.05) is 0 Å². The Morgan fingerprint density at radius 3 is 2.06 bits per heavy atom. The van der Waals surface area contributed by atoms with Crippen LogP contribution in [-0.2, 0) is 4.79 Å². The highest BCUT2D eigenvalue weighted by Crippen LogP contribution is 2.23. The number of nitrogens with one attached hydrogen (secondary N) is 1. The highest BCUT2D eigenvalue weighted by Gasteiger charge is 2.25. The monoisotopic (exact) mass is 233 g/mol. The highest BCUT2D eigenvalue weighted by molar-refractivity contribution is 5.81. The van der Waals surface area contributed by atoms with Gasteiger partial charge in [0.05, 0.1) is 6.04 Å². The number of hydrogen-bond donors (Lipinski definition) is 1. The van der Waals surface area contributed by atoms with Crippen molar-refractivity contribution in [2.45, 2.75) is 40.7 Å². The predicted octanol–water partition coefficient (Wildman–Crippen LogP) is 3.55. The van der Waals surface area contributed by atoms with E-state index < -0.39 is 0 Å². The summed E-state index contributed by atoms with van der Waals surface area (Å²) in [5.74, 6) is 0.476. The molecule has 1 N–H and O–H groups in total. The third-order valence-electron chi connectivity index (χ3n) is 2.79. The maximum absolute atomic E-state index is 12.0. The van der Waals surface area contributed by atoms with E-state index in [0.717, 1.165) is 0 Å². The third-order valence-corrected chi connectivity index (χ3v) is 2.79. The molecule has 0 heterocycles. The Kier molecular flexibility index (Phi) is 4.33. The fraction of sp³-hybridized carbons (Fsp3) is 0.533. The summed E-state index contributed by atoms with van der Waals surface area (Å²) in [4.78, 5) is 12.0.